The molecule has 1 aliphatic carbocycles. The van der Waals surface area contributed by atoms with E-state index in [0.717, 1.165) is 0 Å². The summed E-state index contributed by atoms with van der Waals surface area (Å²) in [5, 5.41) is 23.5. The summed E-state index contributed by atoms with van der Waals surface area (Å²) in [6.07, 6.45) is -3.56. The molecule has 2 aliphatic heterocycles. The quantitative estimate of drug-likeness (QED) is 0.543. The molecule has 0 aromatic rings. The SMILES string of the molecule is C=CC[C@@H]1C(=O)[C@@H]2O[C@@H]3O[C@H]2[C@@H](O)[C@@]1(NC(C)=O)[C@@H]3O. The molecule has 7 heteroatoms. The number of aliphatic hydroxyl groups is 2. The Hall–Kier alpha value is -1.28. The number of carbonyl (C=O) groups is 2. The first-order chi connectivity index (χ1) is 9.43. The molecule has 2 saturated heterocycles. The molecule has 20 heavy (non-hydrogen) atoms. The van der Waals surface area contributed by atoms with Gasteiger partial charge in [0.2, 0.25) is 5.91 Å². The Balaban J connectivity index is 2.13. The smallest absolute Gasteiger partial charge is 0.217 e. The van der Waals surface area contributed by atoms with Gasteiger partial charge >= 0.3 is 0 Å². The van der Waals surface area contributed by atoms with Crippen molar-refractivity contribution in [3.05, 3.63) is 12.7 Å². The Kier molecular flexibility index (Phi) is 2.98. The molecule has 3 bridgehead atoms. The monoisotopic (exact) mass is 283 g/mol. The van der Waals surface area contributed by atoms with Crippen molar-refractivity contribution in [1.82, 2.24) is 5.32 Å². The van der Waals surface area contributed by atoms with Crippen molar-refractivity contribution >= 4 is 11.7 Å². The van der Waals surface area contributed by atoms with Crippen molar-refractivity contribution in [2.45, 2.75) is 49.6 Å². The number of ether oxygens (including phenoxy) is 2. The van der Waals surface area contributed by atoms with Crippen LogP contribution in [0.5, 0.6) is 0 Å². The topological polar surface area (TPSA) is 105 Å². The predicted molar refractivity (Wildman–Crippen MR) is 65.4 cm³/mol. The lowest BCUT2D eigenvalue weighted by Gasteiger charge is -2.53. The first-order valence-electron chi connectivity index (χ1n) is 6.54. The van der Waals surface area contributed by atoms with Crippen molar-refractivity contribution in [2.75, 3.05) is 0 Å². The average Bonchev–Trinajstić information content (AvgIpc) is 2.78. The van der Waals surface area contributed by atoms with E-state index < -0.39 is 48.1 Å². The van der Waals surface area contributed by atoms with Crippen molar-refractivity contribution in [1.29, 1.82) is 0 Å². The highest BCUT2D eigenvalue weighted by molar-refractivity contribution is 5.91. The van der Waals surface area contributed by atoms with E-state index in [1.165, 1.54) is 13.0 Å². The minimum Gasteiger partial charge on any atom is -0.388 e. The largest absolute Gasteiger partial charge is 0.388 e. The zero-order valence-corrected chi connectivity index (χ0v) is 11.0. The molecule has 0 spiro atoms. The zero-order chi connectivity index (χ0) is 14.7. The molecule has 7 atom stereocenters. The molecule has 0 unspecified atom stereocenters. The van der Waals surface area contributed by atoms with Crippen LogP contribution >= 0.6 is 0 Å². The Morgan fingerprint density at radius 2 is 2.15 bits per heavy atom. The molecule has 3 aliphatic rings. The highest BCUT2D eigenvalue weighted by atomic mass is 16.8. The van der Waals surface area contributed by atoms with Crippen LogP contribution in [0.15, 0.2) is 12.7 Å². The second-order valence-electron chi connectivity index (χ2n) is 5.51. The third-order valence-corrected chi connectivity index (χ3v) is 4.41. The molecular weight excluding hydrogens is 266 g/mol. The van der Waals surface area contributed by atoms with Gasteiger partial charge < -0.3 is 25.0 Å². The Morgan fingerprint density at radius 3 is 2.75 bits per heavy atom. The summed E-state index contributed by atoms with van der Waals surface area (Å²) in [5.74, 6) is -1.51. The third-order valence-electron chi connectivity index (χ3n) is 4.41. The van der Waals surface area contributed by atoms with Gasteiger partial charge in [0.25, 0.3) is 0 Å². The molecule has 7 nitrogen and oxygen atoms in total. The van der Waals surface area contributed by atoms with E-state index in [9.17, 15) is 19.8 Å². The highest BCUT2D eigenvalue weighted by Crippen LogP contribution is 2.49. The summed E-state index contributed by atoms with van der Waals surface area (Å²) < 4.78 is 10.7. The van der Waals surface area contributed by atoms with E-state index in [1.807, 2.05) is 0 Å². The van der Waals surface area contributed by atoms with E-state index in [2.05, 4.69) is 11.9 Å². The number of hydrogen-bond donors (Lipinski definition) is 3. The fourth-order valence-electron chi connectivity index (χ4n) is 3.63. The van der Waals surface area contributed by atoms with Crippen LogP contribution < -0.4 is 5.32 Å². The normalized spacial score (nSPS) is 49.2. The predicted octanol–water partition coefficient (Wildman–Crippen LogP) is -1.52. The van der Waals surface area contributed by atoms with E-state index in [1.54, 1.807) is 0 Å². The molecule has 110 valence electrons. The van der Waals surface area contributed by atoms with E-state index in [-0.39, 0.29) is 12.2 Å². The fourth-order valence-corrected chi connectivity index (χ4v) is 3.63. The first kappa shape index (κ1) is 13.7. The molecule has 3 rings (SSSR count). The molecule has 2 heterocycles. The number of carbonyl (C=O) groups excluding carboxylic acids is 2. The molecular formula is C13H17NO6. The highest BCUT2D eigenvalue weighted by Gasteiger charge is 2.72. The fraction of sp³-hybridized carbons (Fsp3) is 0.692. The van der Waals surface area contributed by atoms with Crippen molar-refractivity contribution in [3.63, 3.8) is 0 Å². The number of hydrogen-bond acceptors (Lipinski definition) is 6. The number of amides is 1. The summed E-state index contributed by atoms with van der Waals surface area (Å²) >= 11 is 0. The van der Waals surface area contributed by atoms with Gasteiger partial charge in [-0.25, -0.2) is 0 Å². The van der Waals surface area contributed by atoms with Gasteiger partial charge in [0, 0.05) is 6.92 Å². The first-order valence-corrected chi connectivity index (χ1v) is 6.54. The summed E-state index contributed by atoms with van der Waals surface area (Å²) in [6, 6.07) is 0. The maximum absolute atomic E-state index is 12.5. The van der Waals surface area contributed by atoms with Crippen molar-refractivity contribution < 1.29 is 29.3 Å². The minimum absolute atomic E-state index is 0.229. The minimum atomic E-state index is -1.49. The van der Waals surface area contributed by atoms with Gasteiger partial charge in [0.15, 0.2) is 12.1 Å². The lowest BCUT2D eigenvalue weighted by atomic mass is 9.63. The Labute approximate surface area is 115 Å². The summed E-state index contributed by atoms with van der Waals surface area (Å²) in [7, 11) is 0. The molecule has 1 saturated carbocycles. The van der Waals surface area contributed by atoms with Gasteiger partial charge in [-0.05, 0) is 6.42 Å². The van der Waals surface area contributed by atoms with Gasteiger partial charge in [-0.2, -0.15) is 0 Å². The second kappa shape index (κ2) is 4.36. The lowest BCUT2D eigenvalue weighted by Crippen LogP contribution is -2.78. The maximum atomic E-state index is 12.5. The number of aliphatic hydroxyl groups excluding tert-OH is 2. The standard InChI is InChI=1S/C13H17NO6/c1-3-4-6-7(16)8-9-10(17)13(6,14-5(2)15)11(18)12(19-8)20-9/h3,6,8-12,17-18H,1,4H2,2H3,(H,14,15)/t6-,8+,9-,10-,11-,12-,13-/m1/s1. The molecule has 3 fully saturated rings. The average molecular weight is 283 g/mol. The molecule has 0 radical (unpaired) electrons. The van der Waals surface area contributed by atoms with E-state index in [0.29, 0.717) is 0 Å². The zero-order valence-electron chi connectivity index (χ0n) is 11.0. The van der Waals surface area contributed by atoms with Crippen LogP contribution in [0.1, 0.15) is 13.3 Å². The van der Waals surface area contributed by atoms with Gasteiger partial charge in [0.1, 0.15) is 30.0 Å². The van der Waals surface area contributed by atoms with Gasteiger partial charge in [-0.1, -0.05) is 6.08 Å². The summed E-state index contributed by atoms with van der Waals surface area (Å²) in [6.45, 7) is 4.87. The number of Topliss-reactive ketones (excluding diaryl/α,β-unsaturated/α-hetero) is 1. The van der Waals surface area contributed by atoms with Crippen LogP contribution in [0, 0.1) is 5.92 Å². The third kappa shape index (κ3) is 1.49. The Bertz CT molecular complexity index is 473. The number of rotatable bonds is 3. The van der Waals surface area contributed by atoms with Crippen LogP contribution in [0.2, 0.25) is 0 Å². The number of ketones is 1. The second-order valence-corrected chi connectivity index (χ2v) is 5.51. The number of allylic oxidation sites excluding steroid dienone is 1. The Morgan fingerprint density at radius 1 is 1.45 bits per heavy atom. The summed E-state index contributed by atoms with van der Waals surface area (Å²) in [5.41, 5.74) is -1.49. The molecule has 3 N–H and O–H groups in total. The molecule has 0 aromatic carbocycles. The van der Waals surface area contributed by atoms with Crippen LogP contribution in [-0.2, 0) is 19.1 Å². The van der Waals surface area contributed by atoms with Crippen LogP contribution in [0.3, 0.4) is 0 Å². The van der Waals surface area contributed by atoms with Crippen LogP contribution in [0.25, 0.3) is 0 Å². The summed E-state index contributed by atoms with van der Waals surface area (Å²) in [4.78, 5) is 24.0. The van der Waals surface area contributed by atoms with Crippen LogP contribution in [-0.4, -0.2) is 58.1 Å². The molecule has 0 aromatic heterocycles. The van der Waals surface area contributed by atoms with E-state index >= 15 is 0 Å². The van der Waals surface area contributed by atoms with E-state index in [4.69, 9.17) is 9.47 Å². The van der Waals surface area contributed by atoms with Gasteiger partial charge in [-0.15, -0.1) is 6.58 Å². The van der Waals surface area contributed by atoms with Gasteiger partial charge in [-0.3, -0.25) is 9.59 Å². The number of fused-ring (bicyclic) bond motifs is 2. The van der Waals surface area contributed by atoms with Crippen molar-refractivity contribution in [3.8, 4) is 0 Å². The van der Waals surface area contributed by atoms with Crippen LogP contribution in [0.4, 0.5) is 0 Å². The molecule has 1 amide bonds. The maximum Gasteiger partial charge on any atom is 0.217 e. The van der Waals surface area contributed by atoms with Gasteiger partial charge in [0.05, 0.1) is 5.92 Å². The van der Waals surface area contributed by atoms with Crippen molar-refractivity contribution in [2.24, 2.45) is 5.92 Å². The number of nitrogens with one attached hydrogen (secondary N) is 1. The lowest BCUT2D eigenvalue weighted by molar-refractivity contribution is -0.234.